The van der Waals surface area contributed by atoms with Crippen LogP contribution >= 0.6 is 0 Å². The fourth-order valence-corrected chi connectivity index (χ4v) is 2.91. The average molecular weight is 260 g/mol. The number of likely N-dealkylation sites (N-methyl/N-ethyl adjacent to an activating group) is 1. The average Bonchev–Trinajstić information content (AvgIpc) is 2.67. The van der Waals surface area contributed by atoms with Crippen LogP contribution in [0.15, 0.2) is 24.3 Å². The van der Waals surface area contributed by atoms with Gasteiger partial charge in [-0.05, 0) is 26.1 Å². The van der Waals surface area contributed by atoms with Gasteiger partial charge in [-0.15, -0.1) is 0 Å². The molecular weight excluding hydrogens is 240 g/mol. The molecule has 4 heteroatoms. The maximum Gasteiger partial charge on any atom is 0.254 e. The molecule has 0 aromatic heterocycles. The van der Waals surface area contributed by atoms with Crippen LogP contribution in [0.1, 0.15) is 15.9 Å². The zero-order valence-corrected chi connectivity index (χ0v) is 11.5. The van der Waals surface area contributed by atoms with Crippen LogP contribution in [0.5, 0.6) is 0 Å². The van der Waals surface area contributed by atoms with Gasteiger partial charge in [-0.2, -0.15) is 0 Å². The highest BCUT2D eigenvalue weighted by Gasteiger charge is 2.37. The van der Waals surface area contributed by atoms with Crippen molar-refractivity contribution in [2.45, 2.75) is 19.1 Å². The molecule has 3 heterocycles. The molecule has 0 N–H and O–H groups in total. The molecule has 4 rings (SSSR count). The molecule has 19 heavy (non-hydrogen) atoms. The maximum atomic E-state index is 12.6. The summed E-state index contributed by atoms with van der Waals surface area (Å²) >= 11 is 0. The Kier molecular flexibility index (Phi) is 3.29. The van der Waals surface area contributed by atoms with Gasteiger partial charge in [-0.1, -0.05) is 17.7 Å². The molecule has 3 aliphatic rings. The lowest BCUT2D eigenvalue weighted by Crippen LogP contribution is -2.52. The zero-order chi connectivity index (χ0) is 13.4. The van der Waals surface area contributed by atoms with E-state index in [1.807, 2.05) is 36.1 Å². The first-order valence-corrected chi connectivity index (χ1v) is 6.81. The van der Waals surface area contributed by atoms with E-state index in [1.54, 1.807) is 0 Å². The van der Waals surface area contributed by atoms with Gasteiger partial charge in [0.2, 0.25) is 0 Å². The van der Waals surface area contributed by atoms with E-state index in [0.717, 1.165) is 18.7 Å². The number of hydrogen-bond acceptors (Lipinski definition) is 3. The number of carbonyl (C=O) groups excluding carboxylic acids is 1. The Bertz CT molecular complexity index is 472. The van der Waals surface area contributed by atoms with Gasteiger partial charge < -0.3 is 14.5 Å². The molecule has 0 aliphatic carbocycles. The number of fused-ring (bicyclic) bond motifs is 4. The summed E-state index contributed by atoms with van der Waals surface area (Å²) in [5.74, 6) is 0.133. The predicted octanol–water partition coefficient (Wildman–Crippen LogP) is 1.15. The third-order valence-corrected chi connectivity index (χ3v) is 3.96. The van der Waals surface area contributed by atoms with Crippen LogP contribution in [0, 0.1) is 6.92 Å². The number of rotatable bonds is 1. The number of hydrogen-bond donors (Lipinski definition) is 0. The number of nitrogens with zero attached hydrogens (tertiary/aromatic N) is 2. The van der Waals surface area contributed by atoms with Crippen molar-refractivity contribution in [1.82, 2.24) is 9.80 Å². The minimum absolute atomic E-state index is 0.133. The van der Waals surface area contributed by atoms with Crippen LogP contribution in [0.2, 0.25) is 0 Å². The Morgan fingerprint density at radius 1 is 1.21 bits per heavy atom. The van der Waals surface area contributed by atoms with Gasteiger partial charge >= 0.3 is 0 Å². The van der Waals surface area contributed by atoms with Crippen LogP contribution < -0.4 is 0 Å². The largest absolute Gasteiger partial charge is 0.373 e. The number of morpholine rings is 1. The van der Waals surface area contributed by atoms with E-state index < -0.39 is 0 Å². The van der Waals surface area contributed by atoms with Crippen molar-refractivity contribution in [1.29, 1.82) is 0 Å². The van der Waals surface area contributed by atoms with Crippen LogP contribution in [0.3, 0.4) is 0 Å². The van der Waals surface area contributed by atoms with Crippen molar-refractivity contribution < 1.29 is 9.53 Å². The molecule has 3 aliphatic heterocycles. The molecule has 2 atom stereocenters. The second-order valence-corrected chi connectivity index (χ2v) is 5.65. The first-order valence-electron chi connectivity index (χ1n) is 6.81. The van der Waals surface area contributed by atoms with E-state index in [9.17, 15) is 4.79 Å². The van der Waals surface area contributed by atoms with Crippen LogP contribution in [0.4, 0.5) is 0 Å². The minimum atomic E-state index is 0.133. The first kappa shape index (κ1) is 12.6. The van der Waals surface area contributed by atoms with E-state index in [-0.39, 0.29) is 18.1 Å². The Morgan fingerprint density at radius 2 is 1.95 bits per heavy atom. The minimum Gasteiger partial charge on any atom is -0.373 e. The highest BCUT2D eigenvalue weighted by Crippen LogP contribution is 2.20. The van der Waals surface area contributed by atoms with Crippen LogP contribution in [0.25, 0.3) is 0 Å². The number of carbonyl (C=O) groups is 1. The smallest absolute Gasteiger partial charge is 0.254 e. The SMILES string of the molecule is Cc1ccc(C(=O)N2CC3CN(C)CC2CO3)cc1. The highest BCUT2D eigenvalue weighted by molar-refractivity contribution is 5.94. The predicted molar refractivity (Wildman–Crippen MR) is 73.2 cm³/mol. The van der Waals surface area contributed by atoms with Gasteiger partial charge in [0.05, 0.1) is 18.8 Å². The topological polar surface area (TPSA) is 32.8 Å². The fraction of sp³-hybridized carbons (Fsp3) is 0.533. The number of amides is 1. The molecule has 1 aromatic carbocycles. The van der Waals surface area contributed by atoms with Gasteiger partial charge in [-0.3, -0.25) is 4.79 Å². The van der Waals surface area contributed by atoms with Gasteiger partial charge in [0.15, 0.2) is 0 Å². The molecule has 0 radical (unpaired) electrons. The highest BCUT2D eigenvalue weighted by atomic mass is 16.5. The number of ether oxygens (including phenoxy) is 1. The summed E-state index contributed by atoms with van der Waals surface area (Å²) in [6.45, 7) is 5.21. The Labute approximate surface area is 113 Å². The molecule has 1 amide bonds. The van der Waals surface area contributed by atoms with Gasteiger partial charge in [-0.25, -0.2) is 0 Å². The third-order valence-electron chi connectivity index (χ3n) is 3.96. The monoisotopic (exact) mass is 260 g/mol. The summed E-state index contributed by atoms with van der Waals surface area (Å²) in [6, 6.07) is 8.00. The molecule has 3 fully saturated rings. The van der Waals surface area contributed by atoms with Crippen molar-refractivity contribution in [2.75, 3.05) is 33.3 Å². The van der Waals surface area contributed by atoms with E-state index in [0.29, 0.717) is 13.2 Å². The lowest BCUT2D eigenvalue weighted by Gasteiger charge is -2.36. The lowest BCUT2D eigenvalue weighted by atomic mass is 10.1. The van der Waals surface area contributed by atoms with Crippen molar-refractivity contribution in [2.24, 2.45) is 0 Å². The number of benzene rings is 1. The first-order chi connectivity index (χ1) is 9.13. The van der Waals surface area contributed by atoms with E-state index in [2.05, 4.69) is 11.9 Å². The van der Waals surface area contributed by atoms with E-state index in [1.165, 1.54) is 5.56 Å². The molecule has 1 aromatic rings. The normalized spacial score (nSPS) is 27.4. The van der Waals surface area contributed by atoms with Crippen LogP contribution in [-0.2, 0) is 4.74 Å². The maximum absolute atomic E-state index is 12.6. The summed E-state index contributed by atoms with van der Waals surface area (Å²) in [5, 5.41) is 0. The standard InChI is InChI=1S/C15H20N2O2/c1-11-3-5-12(6-4-11)15(18)17-9-14-8-16(2)7-13(17)10-19-14/h3-6,13-14H,7-10H2,1-2H3. The summed E-state index contributed by atoms with van der Waals surface area (Å²) < 4.78 is 5.77. The van der Waals surface area contributed by atoms with E-state index in [4.69, 9.17) is 4.74 Å². The third kappa shape index (κ3) is 2.51. The van der Waals surface area contributed by atoms with Crippen molar-refractivity contribution in [3.05, 3.63) is 35.4 Å². The fourth-order valence-electron chi connectivity index (χ4n) is 2.91. The van der Waals surface area contributed by atoms with Gasteiger partial charge in [0, 0.05) is 25.2 Å². The van der Waals surface area contributed by atoms with Crippen LogP contribution in [-0.4, -0.2) is 61.1 Å². The van der Waals surface area contributed by atoms with Crippen molar-refractivity contribution >= 4 is 5.91 Å². The van der Waals surface area contributed by atoms with Gasteiger partial charge in [0.25, 0.3) is 5.91 Å². The molecular formula is C15H20N2O2. The molecule has 2 unspecified atom stereocenters. The summed E-state index contributed by atoms with van der Waals surface area (Å²) in [7, 11) is 2.09. The van der Waals surface area contributed by atoms with Crippen molar-refractivity contribution in [3.63, 3.8) is 0 Å². The number of aryl methyl sites for hydroxylation is 1. The summed E-state index contributed by atoms with van der Waals surface area (Å²) in [6.07, 6.45) is 0.151. The lowest BCUT2D eigenvalue weighted by molar-refractivity contribution is -0.0328. The molecule has 102 valence electrons. The zero-order valence-electron chi connectivity index (χ0n) is 11.5. The Morgan fingerprint density at radius 3 is 2.68 bits per heavy atom. The second kappa shape index (κ2) is 4.94. The molecule has 0 saturated carbocycles. The molecule has 2 bridgehead atoms. The molecule has 4 nitrogen and oxygen atoms in total. The second-order valence-electron chi connectivity index (χ2n) is 5.65. The van der Waals surface area contributed by atoms with Crippen molar-refractivity contribution in [3.8, 4) is 0 Å². The summed E-state index contributed by atoms with van der Waals surface area (Å²) in [5.41, 5.74) is 1.96. The Hall–Kier alpha value is -1.39. The van der Waals surface area contributed by atoms with E-state index >= 15 is 0 Å². The Balaban J connectivity index is 1.82. The summed E-state index contributed by atoms with van der Waals surface area (Å²) in [4.78, 5) is 16.9. The molecule has 0 spiro atoms. The quantitative estimate of drug-likeness (QED) is 0.759. The van der Waals surface area contributed by atoms with Gasteiger partial charge in [0.1, 0.15) is 0 Å². The molecule has 3 saturated heterocycles.